The number of para-hydroxylation sites is 1. The molecule has 3 aromatic heterocycles. The van der Waals surface area contributed by atoms with Crippen LogP contribution >= 0.6 is 0 Å². The first-order chi connectivity index (χ1) is 15.2. The molecule has 5 aromatic rings. The highest BCUT2D eigenvalue weighted by atomic mass is 16.5. The summed E-state index contributed by atoms with van der Waals surface area (Å²) in [5, 5.41) is 4.74. The lowest BCUT2D eigenvalue weighted by Gasteiger charge is -2.08. The van der Waals surface area contributed by atoms with Crippen molar-refractivity contribution in [2.75, 3.05) is 5.32 Å². The summed E-state index contributed by atoms with van der Waals surface area (Å²) >= 11 is 0. The van der Waals surface area contributed by atoms with Gasteiger partial charge in [0.25, 0.3) is 0 Å². The number of rotatable bonds is 5. The molecule has 1 amide bonds. The van der Waals surface area contributed by atoms with E-state index in [0.717, 1.165) is 33.1 Å². The third-order valence-corrected chi connectivity index (χ3v) is 4.93. The molecule has 2 N–H and O–H groups in total. The maximum absolute atomic E-state index is 11.5. The third-order valence-electron chi connectivity index (χ3n) is 4.93. The van der Waals surface area contributed by atoms with Crippen molar-refractivity contribution in [3.63, 3.8) is 0 Å². The lowest BCUT2D eigenvalue weighted by molar-refractivity contribution is -0.111. The number of nitrogens with one attached hydrogen (secondary N) is 2. The number of hydrogen-bond acceptors (Lipinski definition) is 4. The number of anilines is 1. The minimum Gasteiger partial charge on any atom is -0.456 e. The van der Waals surface area contributed by atoms with Gasteiger partial charge in [0.2, 0.25) is 5.91 Å². The highest BCUT2D eigenvalue weighted by Gasteiger charge is 2.11. The number of hydrogen-bond donors (Lipinski definition) is 2. The quantitative estimate of drug-likeness (QED) is 0.367. The molecule has 31 heavy (non-hydrogen) atoms. The maximum Gasteiger partial charge on any atom is 0.247 e. The van der Waals surface area contributed by atoms with Gasteiger partial charge >= 0.3 is 0 Å². The number of H-pyrrole nitrogens is 1. The molecule has 5 rings (SSSR count). The van der Waals surface area contributed by atoms with Gasteiger partial charge in [0, 0.05) is 46.0 Å². The summed E-state index contributed by atoms with van der Waals surface area (Å²) in [6.07, 6.45) is 6.68. The molecule has 3 heterocycles. The van der Waals surface area contributed by atoms with Crippen LogP contribution in [0.3, 0.4) is 0 Å². The van der Waals surface area contributed by atoms with Crippen molar-refractivity contribution in [1.29, 1.82) is 0 Å². The smallest absolute Gasteiger partial charge is 0.247 e. The van der Waals surface area contributed by atoms with E-state index in [1.807, 2.05) is 54.9 Å². The number of aromatic nitrogens is 3. The Bertz CT molecular complexity index is 1440. The fraction of sp³-hybridized carbons (Fsp3) is 0. The summed E-state index contributed by atoms with van der Waals surface area (Å²) in [5.41, 5.74) is 4.34. The first kappa shape index (κ1) is 18.6. The molecule has 2 aromatic carbocycles. The van der Waals surface area contributed by atoms with E-state index in [1.165, 1.54) is 6.08 Å². The number of aromatic amines is 1. The van der Waals surface area contributed by atoms with Crippen molar-refractivity contribution in [1.82, 2.24) is 15.0 Å². The molecule has 0 fully saturated rings. The lowest BCUT2D eigenvalue weighted by Crippen LogP contribution is -2.06. The Morgan fingerprint density at radius 2 is 1.90 bits per heavy atom. The van der Waals surface area contributed by atoms with Crippen LogP contribution in [0.5, 0.6) is 11.5 Å². The van der Waals surface area contributed by atoms with Gasteiger partial charge in [-0.25, -0.2) is 4.98 Å². The summed E-state index contributed by atoms with van der Waals surface area (Å²) in [4.78, 5) is 23.8. The number of amides is 1. The Balaban J connectivity index is 1.48. The van der Waals surface area contributed by atoms with Crippen LogP contribution in [0.2, 0.25) is 0 Å². The first-order valence-electron chi connectivity index (χ1n) is 9.73. The summed E-state index contributed by atoms with van der Waals surface area (Å²) in [6, 6.07) is 19.2. The molecule has 0 spiro atoms. The largest absolute Gasteiger partial charge is 0.456 e. The average Bonchev–Trinajstić information content (AvgIpc) is 3.22. The number of benzene rings is 2. The highest BCUT2D eigenvalue weighted by Crippen LogP contribution is 2.32. The van der Waals surface area contributed by atoms with E-state index < -0.39 is 0 Å². The molecule has 0 saturated carbocycles. The van der Waals surface area contributed by atoms with Crippen molar-refractivity contribution in [2.24, 2.45) is 0 Å². The fourth-order valence-corrected chi connectivity index (χ4v) is 3.46. The first-order valence-corrected chi connectivity index (χ1v) is 9.73. The van der Waals surface area contributed by atoms with Crippen LogP contribution in [-0.4, -0.2) is 20.9 Å². The minimum absolute atomic E-state index is 0.277. The molecular formula is C25H18N4O2. The second kappa shape index (κ2) is 7.76. The van der Waals surface area contributed by atoms with Gasteiger partial charge in [-0.05, 0) is 36.4 Å². The van der Waals surface area contributed by atoms with Gasteiger partial charge in [0.15, 0.2) is 0 Å². The standard InChI is InChI=1S/C25H18N4O2/c1-2-24(30)29-18-7-5-8-19(11-18)31-20-12-21-22(15-28-25(21)27-14-20)17-10-16-6-3-4-9-23(16)26-13-17/h2-15H,1H2,(H,27,28)(H,29,30). The molecular weight excluding hydrogens is 388 g/mol. The summed E-state index contributed by atoms with van der Waals surface area (Å²) < 4.78 is 6.00. The Kier molecular flexibility index (Phi) is 4.65. The van der Waals surface area contributed by atoms with Gasteiger partial charge in [-0.3, -0.25) is 9.78 Å². The van der Waals surface area contributed by atoms with E-state index in [-0.39, 0.29) is 5.91 Å². The van der Waals surface area contributed by atoms with E-state index >= 15 is 0 Å². The van der Waals surface area contributed by atoms with Gasteiger partial charge < -0.3 is 15.0 Å². The van der Waals surface area contributed by atoms with Gasteiger partial charge in [0.1, 0.15) is 17.1 Å². The third kappa shape index (κ3) is 3.74. The molecule has 0 aliphatic carbocycles. The van der Waals surface area contributed by atoms with Crippen molar-refractivity contribution in [3.8, 4) is 22.6 Å². The summed E-state index contributed by atoms with van der Waals surface area (Å²) in [7, 11) is 0. The topological polar surface area (TPSA) is 79.9 Å². The predicted octanol–water partition coefficient (Wildman–Crippen LogP) is 5.69. The number of carbonyl (C=O) groups is 1. The number of nitrogens with zero attached hydrogens (tertiary/aromatic N) is 2. The van der Waals surface area contributed by atoms with Crippen LogP contribution < -0.4 is 10.1 Å². The summed E-state index contributed by atoms with van der Waals surface area (Å²) in [6.45, 7) is 3.46. The maximum atomic E-state index is 11.5. The van der Waals surface area contributed by atoms with Crippen molar-refractivity contribution in [2.45, 2.75) is 0 Å². The van der Waals surface area contributed by atoms with Gasteiger partial charge in [-0.15, -0.1) is 0 Å². The monoisotopic (exact) mass is 406 g/mol. The van der Waals surface area contributed by atoms with E-state index in [4.69, 9.17) is 4.74 Å². The van der Waals surface area contributed by atoms with Crippen LogP contribution in [0.1, 0.15) is 0 Å². The number of ether oxygens (including phenoxy) is 1. The zero-order valence-corrected chi connectivity index (χ0v) is 16.5. The zero-order chi connectivity index (χ0) is 21.2. The van der Waals surface area contributed by atoms with Gasteiger partial charge in [0.05, 0.1) is 11.7 Å². The lowest BCUT2D eigenvalue weighted by atomic mass is 10.1. The predicted molar refractivity (Wildman–Crippen MR) is 122 cm³/mol. The number of fused-ring (bicyclic) bond motifs is 2. The summed E-state index contributed by atoms with van der Waals surface area (Å²) in [5.74, 6) is 0.906. The fourth-order valence-electron chi connectivity index (χ4n) is 3.46. The van der Waals surface area contributed by atoms with Crippen molar-refractivity contribution in [3.05, 3.63) is 91.9 Å². The van der Waals surface area contributed by atoms with Crippen LogP contribution in [0, 0.1) is 0 Å². The molecule has 0 unspecified atom stereocenters. The Morgan fingerprint density at radius 1 is 1.00 bits per heavy atom. The molecule has 0 bridgehead atoms. The number of carbonyl (C=O) groups excluding carboxylic acids is 1. The van der Waals surface area contributed by atoms with E-state index in [1.54, 1.807) is 18.3 Å². The molecule has 0 aliphatic heterocycles. The van der Waals surface area contributed by atoms with Crippen molar-refractivity contribution >= 4 is 33.5 Å². The number of pyridine rings is 2. The zero-order valence-electron chi connectivity index (χ0n) is 16.5. The molecule has 0 atom stereocenters. The van der Waals surface area contributed by atoms with Crippen molar-refractivity contribution < 1.29 is 9.53 Å². The SMILES string of the molecule is C=CC(=O)Nc1cccc(Oc2cnc3[nH]cc(-c4cnc5ccccc5c4)c3c2)c1. The molecule has 0 saturated heterocycles. The van der Waals surface area contributed by atoms with E-state index in [2.05, 4.69) is 32.9 Å². The normalized spacial score (nSPS) is 10.8. The van der Waals surface area contributed by atoms with Gasteiger partial charge in [-0.2, -0.15) is 0 Å². The Labute approximate surface area is 178 Å². The van der Waals surface area contributed by atoms with Crippen LogP contribution in [-0.2, 0) is 4.79 Å². The van der Waals surface area contributed by atoms with E-state index in [9.17, 15) is 4.79 Å². The second-order valence-electron chi connectivity index (χ2n) is 7.01. The molecule has 6 nitrogen and oxygen atoms in total. The molecule has 150 valence electrons. The van der Waals surface area contributed by atoms with Crippen LogP contribution in [0.25, 0.3) is 33.1 Å². The molecule has 6 heteroatoms. The van der Waals surface area contributed by atoms with Crippen LogP contribution in [0.15, 0.2) is 91.9 Å². The minimum atomic E-state index is -0.277. The molecule has 0 aliphatic rings. The Morgan fingerprint density at radius 3 is 2.81 bits per heavy atom. The average molecular weight is 406 g/mol. The highest BCUT2D eigenvalue weighted by molar-refractivity contribution is 5.99. The van der Waals surface area contributed by atoms with Gasteiger partial charge in [-0.1, -0.05) is 30.8 Å². The Hall–Kier alpha value is -4.45. The molecule has 0 radical (unpaired) electrons. The second-order valence-corrected chi connectivity index (χ2v) is 7.01. The van der Waals surface area contributed by atoms with Crippen LogP contribution in [0.4, 0.5) is 5.69 Å². The van der Waals surface area contributed by atoms with E-state index in [0.29, 0.717) is 17.2 Å².